The Bertz CT molecular complexity index is 637. The fraction of sp³-hybridized carbons (Fsp3) is 0.632. The van der Waals surface area contributed by atoms with E-state index in [-0.39, 0.29) is 13.1 Å². The van der Waals surface area contributed by atoms with Crippen LogP contribution in [-0.2, 0) is 30.9 Å². The van der Waals surface area contributed by atoms with E-state index in [4.69, 9.17) is 9.47 Å². The van der Waals surface area contributed by atoms with E-state index in [0.29, 0.717) is 11.9 Å². The molecule has 1 heterocycles. The second-order valence-corrected chi connectivity index (χ2v) is 9.70. The summed E-state index contributed by atoms with van der Waals surface area (Å²) in [4.78, 5) is 30.7. The molecule has 8 heteroatoms. The first kappa shape index (κ1) is 24.0. The fourth-order valence-corrected chi connectivity index (χ4v) is 3.08. The molecule has 0 spiro atoms. The minimum Gasteiger partial charge on any atom is -0.459 e. The van der Waals surface area contributed by atoms with Gasteiger partial charge in [0.15, 0.2) is 0 Å². The highest BCUT2D eigenvalue weighted by atomic mass is 79.9. The molecule has 0 unspecified atom stereocenters. The van der Waals surface area contributed by atoms with Gasteiger partial charge in [-0.25, -0.2) is 0 Å². The molecule has 0 amide bonds. The van der Waals surface area contributed by atoms with Crippen molar-refractivity contribution in [3.05, 3.63) is 28.0 Å². The first-order valence-corrected chi connectivity index (χ1v) is 10.6. The van der Waals surface area contributed by atoms with Crippen LogP contribution in [0.4, 0.5) is 0 Å². The number of halogens is 2. The van der Waals surface area contributed by atoms with Crippen LogP contribution in [0.5, 0.6) is 0 Å². The molecule has 0 bridgehead atoms. The van der Waals surface area contributed by atoms with Gasteiger partial charge in [0, 0.05) is 16.3 Å². The third-order valence-electron chi connectivity index (χ3n) is 2.96. The first-order valence-electron chi connectivity index (χ1n) is 8.65. The molecule has 1 aromatic heterocycles. The van der Waals surface area contributed by atoms with Crippen LogP contribution in [0, 0.1) is 0 Å². The predicted octanol–water partition coefficient (Wildman–Crippen LogP) is 4.22. The molecule has 6 nitrogen and oxygen atoms in total. The molecule has 0 saturated heterocycles. The molecule has 0 atom stereocenters. The molecule has 0 N–H and O–H groups in total. The number of ether oxygens (including phenoxy) is 2. The van der Waals surface area contributed by atoms with E-state index in [9.17, 15) is 9.59 Å². The Labute approximate surface area is 178 Å². The third-order valence-corrected chi connectivity index (χ3v) is 4.00. The Morgan fingerprint density at radius 3 is 1.81 bits per heavy atom. The Kier molecular flexibility index (Phi) is 8.89. The summed E-state index contributed by atoms with van der Waals surface area (Å²) in [6.07, 6.45) is 0. The lowest BCUT2D eigenvalue weighted by Gasteiger charge is -2.26. The molecule has 27 heavy (non-hydrogen) atoms. The highest BCUT2D eigenvalue weighted by Gasteiger charge is 2.24. The van der Waals surface area contributed by atoms with Crippen molar-refractivity contribution in [3.63, 3.8) is 0 Å². The Morgan fingerprint density at radius 1 is 0.963 bits per heavy atom. The number of nitrogens with zero attached hydrogens (tertiary/aromatic N) is 2. The summed E-state index contributed by atoms with van der Waals surface area (Å²) in [7, 11) is 0. The van der Waals surface area contributed by atoms with Crippen molar-refractivity contribution in [1.29, 1.82) is 0 Å². The summed E-state index contributed by atoms with van der Waals surface area (Å²) in [6.45, 7) is 11.1. The van der Waals surface area contributed by atoms with Gasteiger partial charge in [-0.15, -0.1) is 0 Å². The van der Waals surface area contributed by atoms with Crippen molar-refractivity contribution < 1.29 is 19.1 Å². The van der Waals surface area contributed by atoms with Gasteiger partial charge in [0.05, 0.1) is 24.5 Å². The maximum Gasteiger partial charge on any atom is 0.320 e. The van der Waals surface area contributed by atoms with E-state index in [1.54, 1.807) is 46.4 Å². The van der Waals surface area contributed by atoms with Gasteiger partial charge in [0.2, 0.25) is 0 Å². The number of carbonyl (C=O) groups is 2. The highest BCUT2D eigenvalue weighted by molar-refractivity contribution is 9.10. The summed E-state index contributed by atoms with van der Waals surface area (Å²) >= 11 is 6.86. The highest BCUT2D eigenvalue weighted by Crippen LogP contribution is 2.17. The Hall–Kier alpha value is -0.990. The van der Waals surface area contributed by atoms with Crippen LogP contribution in [0.2, 0.25) is 0 Å². The van der Waals surface area contributed by atoms with Crippen molar-refractivity contribution in [2.75, 3.05) is 13.1 Å². The summed E-state index contributed by atoms with van der Waals surface area (Å²) in [5.74, 6) is -0.802. The lowest BCUT2D eigenvalue weighted by molar-refractivity contribution is -0.160. The minimum atomic E-state index is -0.591. The van der Waals surface area contributed by atoms with E-state index in [1.165, 1.54) is 0 Å². The number of aromatic nitrogens is 1. The van der Waals surface area contributed by atoms with Crippen molar-refractivity contribution in [2.45, 2.75) is 64.6 Å². The summed E-state index contributed by atoms with van der Waals surface area (Å²) in [5, 5.41) is 0.609. The molecular formula is C19H28Br2N2O4. The first-order chi connectivity index (χ1) is 12.3. The standard InChI is InChI=1S/C19H28Br2N2O4/c1-18(2,3)26-16(24)11-23(12-17(25)27-19(4,5)6)10-15-8-13(21)7-14(9-20)22-15/h7-8H,9-12H2,1-6H3. The van der Waals surface area contributed by atoms with E-state index in [1.807, 2.05) is 12.1 Å². The number of carbonyl (C=O) groups excluding carboxylic acids is 2. The largest absolute Gasteiger partial charge is 0.459 e. The zero-order valence-corrected chi connectivity index (χ0v) is 19.9. The van der Waals surface area contributed by atoms with Crippen LogP contribution < -0.4 is 0 Å². The van der Waals surface area contributed by atoms with Gasteiger partial charge in [-0.3, -0.25) is 19.5 Å². The average Bonchev–Trinajstić information content (AvgIpc) is 2.41. The monoisotopic (exact) mass is 506 g/mol. The Balaban J connectivity index is 2.94. The van der Waals surface area contributed by atoms with Crippen molar-refractivity contribution >= 4 is 43.8 Å². The molecular weight excluding hydrogens is 480 g/mol. The van der Waals surface area contributed by atoms with Crippen LogP contribution in [-0.4, -0.2) is 46.1 Å². The minimum absolute atomic E-state index is 0.0334. The van der Waals surface area contributed by atoms with Crippen LogP contribution in [0.15, 0.2) is 16.6 Å². The lowest BCUT2D eigenvalue weighted by Crippen LogP contribution is -2.39. The van der Waals surface area contributed by atoms with Gasteiger partial charge in [0.25, 0.3) is 0 Å². The molecule has 0 saturated carbocycles. The number of rotatable bonds is 7. The normalized spacial score (nSPS) is 12.2. The fourth-order valence-electron chi connectivity index (χ4n) is 2.27. The molecule has 0 fully saturated rings. The van der Waals surface area contributed by atoms with Gasteiger partial charge in [-0.05, 0) is 53.7 Å². The second-order valence-electron chi connectivity index (χ2n) is 8.22. The molecule has 0 aliphatic carbocycles. The van der Waals surface area contributed by atoms with Crippen LogP contribution in [0.25, 0.3) is 0 Å². The molecule has 0 aliphatic rings. The van der Waals surface area contributed by atoms with Crippen molar-refractivity contribution in [2.24, 2.45) is 0 Å². The van der Waals surface area contributed by atoms with Crippen LogP contribution in [0.3, 0.4) is 0 Å². The zero-order valence-electron chi connectivity index (χ0n) is 16.8. The number of pyridine rings is 1. The number of hydrogen-bond acceptors (Lipinski definition) is 6. The van der Waals surface area contributed by atoms with Crippen LogP contribution in [0.1, 0.15) is 52.9 Å². The van der Waals surface area contributed by atoms with Gasteiger partial charge in [-0.2, -0.15) is 0 Å². The maximum atomic E-state index is 12.3. The van der Waals surface area contributed by atoms with E-state index in [0.717, 1.165) is 15.9 Å². The summed E-state index contributed by atoms with van der Waals surface area (Å²) in [6, 6.07) is 3.77. The quantitative estimate of drug-likeness (QED) is 0.406. The molecule has 0 radical (unpaired) electrons. The molecule has 0 aromatic carbocycles. The van der Waals surface area contributed by atoms with Crippen LogP contribution >= 0.6 is 31.9 Å². The summed E-state index contributed by atoms with van der Waals surface area (Å²) in [5.41, 5.74) is 0.414. The topological polar surface area (TPSA) is 68.7 Å². The molecule has 1 rings (SSSR count). The molecule has 0 aliphatic heterocycles. The van der Waals surface area contributed by atoms with Gasteiger partial charge in [0.1, 0.15) is 11.2 Å². The molecule has 152 valence electrons. The SMILES string of the molecule is CC(C)(C)OC(=O)CN(CC(=O)OC(C)(C)C)Cc1cc(Br)cc(CBr)n1. The number of alkyl halides is 1. The van der Waals surface area contributed by atoms with Gasteiger partial charge in [-0.1, -0.05) is 31.9 Å². The van der Waals surface area contributed by atoms with E-state index >= 15 is 0 Å². The van der Waals surface area contributed by atoms with E-state index in [2.05, 4.69) is 36.8 Å². The smallest absolute Gasteiger partial charge is 0.320 e. The van der Waals surface area contributed by atoms with E-state index < -0.39 is 23.1 Å². The average molecular weight is 508 g/mol. The maximum absolute atomic E-state index is 12.3. The summed E-state index contributed by atoms with van der Waals surface area (Å²) < 4.78 is 11.7. The van der Waals surface area contributed by atoms with Crippen molar-refractivity contribution in [3.8, 4) is 0 Å². The Morgan fingerprint density at radius 2 is 1.41 bits per heavy atom. The van der Waals surface area contributed by atoms with Gasteiger partial charge < -0.3 is 9.47 Å². The van der Waals surface area contributed by atoms with Gasteiger partial charge >= 0.3 is 11.9 Å². The third kappa shape index (κ3) is 10.8. The second kappa shape index (κ2) is 9.98. The lowest BCUT2D eigenvalue weighted by atomic mass is 10.2. The number of hydrogen-bond donors (Lipinski definition) is 0. The number of esters is 2. The molecule has 1 aromatic rings. The predicted molar refractivity (Wildman–Crippen MR) is 112 cm³/mol. The van der Waals surface area contributed by atoms with Crippen molar-refractivity contribution in [1.82, 2.24) is 9.88 Å². The zero-order chi connectivity index (χ0) is 20.8.